The van der Waals surface area contributed by atoms with E-state index in [2.05, 4.69) is 6.92 Å². The van der Waals surface area contributed by atoms with Gasteiger partial charge in [-0.25, -0.2) is 0 Å². The van der Waals surface area contributed by atoms with Crippen molar-refractivity contribution in [2.24, 2.45) is 5.92 Å². The van der Waals surface area contributed by atoms with Crippen LogP contribution in [0.1, 0.15) is 39.5 Å². The van der Waals surface area contributed by atoms with Gasteiger partial charge in [0.25, 0.3) is 0 Å². The van der Waals surface area contributed by atoms with Crippen LogP contribution in [-0.2, 0) is 4.79 Å². The summed E-state index contributed by atoms with van der Waals surface area (Å²) in [4.78, 5) is 10.4. The minimum atomic E-state index is -0.643. The minimum Gasteiger partial charge on any atom is -0.481 e. The monoisotopic (exact) mass is 352 g/mol. The summed E-state index contributed by atoms with van der Waals surface area (Å²) in [7, 11) is 0. The van der Waals surface area contributed by atoms with Crippen LogP contribution in [0.25, 0.3) is 0 Å². The molecule has 11 heavy (non-hydrogen) atoms. The molecule has 2 nitrogen and oxygen atoms in total. The quantitative estimate of drug-likeness (QED) is 0.769. The van der Waals surface area contributed by atoms with Crippen molar-refractivity contribution < 1.29 is 9.90 Å². The van der Waals surface area contributed by atoms with Gasteiger partial charge in [0.1, 0.15) is 0 Å². The zero-order valence-electron chi connectivity index (χ0n) is 7.26. The van der Waals surface area contributed by atoms with E-state index in [4.69, 9.17) is 5.11 Å². The fourth-order valence-corrected chi connectivity index (χ4v) is 0.953. The fraction of sp³-hybridized carbons (Fsp3) is 0.875. The van der Waals surface area contributed by atoms with Gasteiger partial charge in [-0.15, -0.1) is 0 Å². The number of unbranched alkanes of at least 4 members (excludes halogenated alkanes) is 1. The van der Waals surface area contributed by atoms with Gasteiger partial charge in [0, 0.05) is 0 Å². The van der Waals surface area contributed by atoms with Crippen molar-refractivity contribution in [2.75, 3.05) is 0 Å². The van der Waals surface area contributed by atoms with E-state index < -0.39 is 5.97 Å². The standard InChI is InChI=1S/C8H16O2.Pb/c1-3-5-6-7(4-2)8(9)10;/h7H,3-6H2,1-2H3,(H,9,10);/q;+2. The van der Waals surface area contributed by atoms with E-state index in [1.807, 2.05) is 6.92 Å². The van der Waals surface area contributed by atoms with Crippen LogP contribution in [0.4, 0.5) is 0 Å². The van der Waals surface area contributed by atoms with E-state index in [9.17, 15) is 4.79 Å². The van der Waals surface area contributed by atoms with Gasteiger partial charge in [0.2, 0.25) is 0 Å². The van der Waals surface area contributed by atoms with Crippen molar-refractivity contribution in [3.8, 4) is 0 Å². The summed E-state index contributed by atoms with van der Waals surface area (Å²) in [5, 5.41) is 8.60. The molecule has 2 radical (unpaired) electrons. The van der Waals surface area contributed by atoms with Crippen LogP contribution in [0.15, 0.2) is 0 Å². The number of rotatable bonds is 5. The summed E-state index contributed by atoms with van der Waals surface area (Å²) >= 11 is 0. The molecule has 0 aliphatic carbocycles. The van der Waals surface area contributed by atoms with Crippen LogP contribution in [0.3, 0.4) is 0 Å². The molecule has 0 aromatic carbocycles. The first kappa shape index (κ1) is 13.9. The molecule has 3 heteroatoms. The summed E-state index contributed by atoms with van der Waals surface area (Å²) < 4.78 is 0. The first-order chi connectivity index (χ1) is 4.72. The topological polar surface area (TPSA) is 37.3 Å². The van der Waals surface area contributed by atoms with E-state index in [1.165, 1.54) is 0 Å². The number of carboxylic acids is 1. The molecular weight excluding hydrogens is 335 g/mol. The van der Waals surface area contributed by atoms with Gasteiger partial charge in [-0.1, -0.05) is 26.7 Å². The second kappa shape index (κ2) is 8.49. The second-order valence-corrected chi connectivity index (χ2v) is 2.59. The molecule has 0 bridgehead atoms. The first-order valence-corrected chi connectivity index (χ1v) is 3.95. The van der Waals surface area contributed by atoms with E-state index in [1.54, 1.807) is 0 Å². The van der Waals surface area contributed by atoms with Crippen molar-refractivity contribution in [3.05, 3.63) is 0 Å². The van der Waals surface area contributed by atoms with Crippen molar-refractivity contribution in [1.82, 2.24) is 0 Å². The Labute approximate surface area is 88.5 Å². The summed E-state index contributed by atoms with van der Waals surface area (Å²) in [6.45, 7) is 4.00. The average Bonchev–Trinajstić information content (AvgIpc) is 1.89. The van der Waals surface area contributed by atoms with Crippen LogP contribution in [0.5, 0.6) is 0 Å². The molecule has 62 valence electrons. The second-order valence-electron chi connectivity index (χ2n) is 2.59. The maximum absolute atomic E-state index is 10.4. The molecule has 0 aliphatic rings. The van der Waals surface area contributed by atoms with E-state index in [0.717, 1.165) is 25.7 Å². The Kier molecular flexibility index (Phi) is 10.8. The Balaban J connectivity index is 0. The molecule has 0 fully saturated rings. The zero-order valence-corrected chi connectivity index (χ0v) is 11.1. The molecule has 0 amide bonds. The molecule has 0 aromatic rings. The van der Waals surface area contributed by atoms with Crippen molar-refractivity contribution >= 4 is 33.3 Å². The third-order valence-corrected chi connectivity index (χ3v) is 1.75. The van der Waals surface area contributed by atoms with Crippen molar-refractivity contribution in [1.29, 1.82) is 0 Å². The van der Waals surface area contributed by atoms with E-state index in [0.29, 0.717) is 0 Å². The predicted molar refractivity (Wildman–Crippen MR) is 46.7 cm³/mol. The smallest absolute Gasteiger partial charge is 0.481 e. The van der Waals surface area contributed by atoms with Gasteiger partial charge < -0.3 is 5.11 Å². The van der Waals surface area contributed by atoms with Gasteiger partial charge >= 0.3 is 33.3 Å². The SMILES string of the molecule is CCCCC(CC)C(=O)O.[Pb+2]. The van der Waals surface area contributed by atoms with Gasteiger partial charge in [-0.3, -0.25) is 4.79 Å². The van der Waals surface area contributed by atoms with Gasteiger partial charge in [0.05, 0.1) is 5.92 Å². The Morgan fingerprint density at radius 3 is 2.27 bits per heavy atom. The Bertz CT molecular complexity index is 104. The minimum absolute atomic E-state index is 0. The molecule has 0 spiro atoms. The number of hydrogen-bond acceptors (Lipinski definition) is 1. The molecule has 1 atom stereocenters. The average molecular weight is 351 g/mol. The maximum atomic E-state index is 10.4. The molecule has 0 aliphatic heterocycles. The van der Waals surface area contributed by atoms with E-state index >= 15 is 0 Å². The summed E-state index contributed by atoms with van der Waals surface area (Å²) in [5.41, 5.74) is 0. The van der Waals surface area contributed by atoms with Crippen LogP contribution < -0.4 is 0 Å². The molecule has 1 unspecified atom stereocenters. The fourth-order valence-electron chi connectivity index (χ4n) is 0.953. The molecule has 0 saturated heterocycles. The van der Waals surface area contributed by atoms with Gasteiger partial charge in [-0.05, 0) is 12.8 Å². The van der Waals surface area contributed by atoms with Crippen molar-refractivity contribution in [3.63, 3.8) is 0 Å². The molecule has 0 aromatic heterocycles. The largest absolute Gasteiger partial charge is 2.00 e. The van der Waals surface area contributed by atoms with Crippen LogP contribution >= 0.6 is 0 Å². The Morgan fingerprint density at radius 2 is 2.00 bits per heavy atom. The van der Waals surface area contributed by atoms with Crippen LogP contribution in [0.2, 0.25) is 0 Å². The number of hydrogen-bond donors (Lipinski definition) is 1. The summed E-state index contributed by atoms with van der Waals surface area (Å²) in [6.07, 6.45) is 3.71. The number of carboxylic acid groups (broad SMARTS) is 1. The maximum Gasteiger partial charge on any atom is 2.00 e. The molecule has 1 N–H and O–H groups in total. The van der Waals surface area contributed by atoms with Crippen LogP contribution in [0, 0.1) is 5.92 Å². The Hall–Kier alpha value is 0.392. The predicted octanol–water partition coefficient (Wildman–Crippen LogP) is 1.91. The molecule has 0 rings (SSSR count). The van der Waals surface area contributed by atoms with Crippen molar-refractivity contribution in [2.45, 2.75) is 39.5 Å². The third-order valence-electron chi connectivity index (χ3n) is 1.75. The van der Waals surface area contributed by atoms with E-state index in [-0.39, 0.29) is 33.2 Å². The summed E-state index contributed by atoms with van der Waals surface area (Å²) in [6, 6.07) is 0. The number of aliphatic carboxylic acids is 1. The van der Waals surface area contributed by atoms with Crippen LogP contribution in [-0.4, -0.2) is 38.4 Å². The van der Waals surface area contributed by atoms with Gasteiger partial charge in [0.15, 0.2) is 0 Å². The zero-order chi connectivity index (χ0) is 7.98. The molecule has 0 saturated carbocycles. The normalized spacial score (nSPS) is 11.8. The summed E-state index contributed by atoms with van der Waals surface area (Å²) in [5.74, 6) is -0.754. The Morgan fingerprint density at radius 1 is 1.45 bits per heavy atom. The third kappa shape index (κ3) is 6.78. The molecule has 0 heterocycles. The van der Waals surface area contributed by atoms with Gasteiger partial charge in [-0.2, -0.15) is 0 Å². The molecular formula is C8H16O2Pb+2. The number of carbonyl (C=O) groups is 1. The first-order valence-electron chi connectivity index (χ1n) is 3.95.